The first-order valence-electron chi connectivity index (χ1n) is 7.44. The Bertz CT molecular complexity index is 533. The summed E-state index contributed by atoms with van der Waals surface area (Å²) >= 11 is 5.81. The largest absolute Gasteiger partial charge is 0.388 e. The van der Waals surface area contributed by atoms with Gasteiger partial charge in [-0.25, -0.2) is 0 Å². The molecule has 1 heterocycles. The van der Waals surface area contributed by atoms with Crippen LogP contribution in [-0.4, -0.2) is 42.0 Å². The second-order valence-electron chi connectivity index (χ2n) is 5.56. The molecule has 2 atom stereocenters. The van der Waals surface area contributed by atoms with Gasteiger partial charge in [0, 0.05) is 25.2 Å². The Hall–Kier alpha value is -1.59. The molecule has 0 aromatic heterocycles. The molecule has 120 valence electrons. The standard InChI is InChI=1S/C16H21ClN2O3/c1-18-16(22)12-3-2-8-19(10-12)15(21)9-14(20)11-4-6-13(17)7-5-11/h4-7,12,14,20H,2-3,8-10H2,1H3,(H,18,22). The smallest absolute Gasteiger partial charge is 0.225 e. The summed E-state index contributed by atoms with van der Waals surface area (Å²) < 4.78 is 0. The zero-order valence-corrected chi connectivity index (χ0v) is 13.3. The molecule has 0 saturated carbocycles. The zero-order valence-electron chi connectivity index (χ0n) is 12.6. The van der Waals surface area contributed by atoms with Gasteiger partial charge in [-0.2, -0.15) is 0 Å². The SMILES string of the molecule is CNC(=O)C1CCCN(C(=O)CC(O)c2ccc(Cl)cc2)C1. The second-order valence-corrected chi connectivity index (χ2v) is 6.00. The molecule has 1 fully saturated rings. The van der Waals surface area contributed by atoms with E-state index in [4.69, 9.17) is 11.6 Å². The van der Waals surface area contributed by atoms with Gasteiger partial charge >= 0.3 is 0 Å². The molecule has 1 aromatic carbocycles. The van der Waals surface area contributed by atoms with E-state index in [0.29, 0.717) is 23.7 Å². The highest BCUT2D eigenvalue weighted by Gasteiger charge is 2.28. The fourth-order valence-electron chi connectivity index (χ4n) is 2.72. The Morgan fingerprint density at radius 1 is 1.41 bits per heavy atom. The average Bonchev–Trinajstić information content (AvgIpc) is 2.54. The summed E-state index contributed by atoms with van der Waals surface area (Å²) in [7, 11) is 1.60. The van der Waals surface area contributed by atoms with Crippen molar-refractivity contribution in [1.82, 2.24) is 10.2 Å². The monoisotopic (exact) mass is 324 g/mol. The Morgan fingerprint density at radius 2 is 2.09 bits per heavy atom. The van der Waals surface area contributed by atoms with Crippen LogP contribution in [0.25, 0.3) is 0 Å². The minimum Gasteiger partial charge on any atom is -0.388 e. The number of halogens is 1. The summed E-state index contributed by atoms with van der Waals surface area (Å²) in [6, 6.07) is 6.80. The molecule has 2 unspecified atom stereocenters. The number of piperidine rings is 1. The van der Waals surface area contributed by atoms with E-state index < -0.39 is 6.10 Å². The number of amides is 2. The van der Waals surface area contributed by atoms with Crippen molar-refractivity contribution in [3.8, 4) is 0 Å². The number of hydrogen-bond acceptors (Lipinski definition) is 3. The minimum atomic E-state index is -0.856. The van der Waals surface area contributed by atoms with Crippen molar-refractivity contribution in [3.05, 3.63) is 34.9 Å². The van der Waals surface area contributed by atoms with Gasteiger partial charge in [0.15, 0.2) is 0 Å². The predicted octanol–water partition coefficient (Wildman–Crippen LogP) is 1.75. The summed E-state index contributed by atoms with van der Waals surface area (Å²) in [5.74, 6) is -0.317. The van der Waals surface area contributed by atoms with E-state index in [9.17, 15) is 14.7 Å². The van der Waals surface area contributed by atoms with Gasteiger partial charge in [-0.1, -0.05) is 23.7 Å². The van der Waals surface area contributed by atoms with Crippen molar-refractivity contribution in [3.63, 3.8) is 0 Å². The fraction of sp³-hybridized carbons (Fsp3) is 0.500. The number of benzene rings is 1. The van der Waals surface area contributed by atoms with Crippen molar-refractivity contribution in [1.29, 1.82) is 0 Å². The number of aliphatic hydroxyl groups excluding tert-OH is 1. The quantitative estimate of drug-likeness (QED) is 0.886. The molecule has 2 rings (SSSR count). The number of hydrogen-bond donors (Lipinski definition) is 2. The number of nitrogens with zero attached hydrogens (tertiary/aromatic N) is 1. The second kappa shape index (κ2) is 7.61. The average molecular weight is 325 g/mol. The molecule has 0 spiro atoms. The van der Waals surface area contributed by atoms with Gasteiger partial charge in [-0.15, -0.1) is 0 Å². The molecule has 1 aliphatic rings. The number of nitrogens with one attached hydrogen (secondary N) is 1. The maximum absolute atomic E-state index is 12.3. The summed E-state index contributed by atoms with van der Waals surface area (Å²) in [5, 5.41) is 13.4. The molecule has 5 nitrogen and oxygen atoms in total. The highest BCUT2D eigenvalue weighted by atomic mass is 35.5. The lowest BCUT2D eigenvalue weighted by Gasteiger charge is -2.32. The van der Waals surface area contributed by atoms with Crippen molar-refractivity contribution in [2.24, 2.45) is 5.92 Å². The third kappa shape index (κ3) is 4.21. The predicted molar refractivity (Wildman–Crippen MR) is 84.4 cm³/mol. The number of carbonyl (C=O) groups is 2. The van der Waals surface area contributed by atoms with Gasteiger partial charge in [-0.05, 0) is 30.5 Å². The van der Waals surface area contributed by atoms with E-state index in [0.717, 1.165) is 12.8 Å². The van der Waals surface area contributed by atoms with E-state index in [1.54, 1.807) is 36.2 Å². The summed E-state index contributed by atoms with van der Waals surface area (Å²) in [5.41, 5.74) is 0.664. The number of carbonyl (C=O) groups excluding carboxylic acids is 2. The zero-order chi connectivity index (χ0) is 16.1. The first-order chi connectivity index (χ1) is 10.5. The Labute approximate surface area is 135 Å². The van der Waals surface area contributed by atoms with Crippen molar-refractivity contribution < 1.29 is 14.7 Å². The van der Waals surface area contributed by atoms with Gasteiger partial charge in [0.1, 0.15) is 0 Å². The summed E-state index contributed by atoms with van der Waals surface area (Å²) in [6.07, 6.45) is 0.761. The van der Waals surface area contributed by atoms with Gasteiger partial charge in [0.05, 0.1) is 18.4 Å². The molecule has 0 radical (unpaired) electrons. The lowest BCUT2D eigenvalue weighted by molar-refractivity contribution is -0.137. The van der Waals surface area contributed by atoms with Crippen LogP contribution in [0.2, 0.25) is 5.02 Å². The minimum absolute atomic E-state index is 0.0160. The summed E-state index contributed by atoms with van der Waals surface area (Å²) in [6.45, 7) is 1.06. The highest BCUT2D eigenvalue weighted by molar-refractivity contribution is 6.30. The lowest BCUT2D eigenvalue weighted by Crippen LogP contribution is -2.45. The fourth-order valence-corrected chi connectivity index (χ4v) is 2.85. The topological polar surface area (TPSA) is 69.6 Å². The Morgan fingerprint density at radius 3 is 2.73 bits per heavy atom. The van der Waals surface area contributed by atoms with E-state index >= 15 is 0 Å². The molecule has 2 N–H and O–H groups in total. The molecule has 0 bridgehead atoms. The molecule has 1 saturated heterocycles. The van der Waals surface area contributed by atoms with Crippen LogP contribution in [0.4, 0.5) is 0 Å². The first kappa shape index (κ1) is 16.8. The molecular weight excluding hydrogens is 304 g/mol. The van der Waals surface area contributed by atoms with Crippen LogP contribution >= 0.6 is 11.6 Å². The molecular formula is C16H21ClN2O3. The van der Waals surface area contributed by atoms with Crippen molar-refractivity contribution in [2.45, 2.75) is 25.4 Å². The van der Waals surface area contributed by atoms with Gasteiger partial charge in [-0.3, -0.25) is 9.59 Å². The van der Waals surface area contributed by atoms with Crippen LogP contribution in [-0.2, 0) is 9.59 Å². The number of aliphatic hydroxyl groups is 1. The van der Waals surface area contributed by atoms with E-state index in [2.05, 4.69) is 5.32 Å². The Balaban J connectivity index is 1.93. The van der Waals surface area contributed by atoms with Crippen LogP contribution in [0.15, 0.2) is 24.3 Å². The maximum atomic E-state index is 12.3. The molecule has 1 aromatic rings. The van der Waals surface area contributed by atoms with Crippen molar-refractivity contribution in [2.75, 3.05) is 20.1 Å². The normalized spacial score (nSPS) is 19.6. The van der Waals surface area contributed by atoms with Gasteiger partial charge in [0.25, 0.3) is 0 Å². The van der Waals surface area contributed by atoms with E-state index in [1.165, 1.54) is 0 Å². The molecule has 1 aliphatic heterocycles. The highest BCUT2D eigenvalue weighted by Crippen LogP contribution is 2.22. The van der Waals surface area contributed by atoms with Crippen molar-refractivity contribution >= 4 is 23.4 Å². The Kier molecular flexibility index (Phi) is 5.80. The van der Waals surface area contributed by atoms with Gasteiger partial charge in [0.2, 0.25) is 11.8 Å². The molecule has 22 heavy (non-hydrogen) atoms. The van der Waals surface area contributed by atoms with Crippen LogP contribution in [0, 0.1) is 5.92 Å². The van der Waals surface area contributed by atoms with Crippen LogP contribution in [0.3, 0.4) is 0 Å². The third-order valence-corrected chi connectivity index (χ3v) is 4.27. The third-order valence-electron chi connectivity index (χ3n) is 4.01. The van der Waals surface area contributed by atoms with E-state index in [-0.39, 0.29) is 24.2 Å². The van der Waals surface area contributed by atoms with Crippen LogP contribution < -0.4 is 5.32 Å². The molecule has 0 aliphatic carbocycles. The number of likely N-dealkylation sites (tertiary alicyclic amines) is 1. The van der Waals surface area contributed by atoms with Crippen LogP contribution in [0.5, 0.6) is 0 Å². The molecule has 2 amide bonds. The van der Waals surface area contributed by atoms with Gasteiger partial charge < -0.3 is 15.3 Å². The van der Waals surface area contributed by atoms with E-state index in [1.807, 2.05) is 0 Å². The maximum Gasteiger partial charge on any atom is 0.225 e. The van der Waals surface area contributed by atoms with Crippen LogP contribution in [0.1, 0.15) is 30.9 Å². The number of rotatable bonds is 4. The first-order valence-corrected chi connectivity index (χ1v) is 7.82. The lowest BCUT2D eigenvalue weighted by atomic mass is 9.96. The summed E-state index contributed by atoms with van der Waals surface area (Å²) in [4.78, 5) is 25.7. The molecule has 6 heteroatoms.